The summed E-state index contributed by atoms with van der Waals surface area (Å²) in [6.45, 7) is 0. The van der Waals surface area contributed by atoms with E-state index in [0.29, 0.717) is 5.69 Å². The highest BCUT2D eigenvalue weighted by Crippen LogP contribution is 2.29. The highest BCUT2D eigenvalue weighted by molar-refractivity contribution is 7.07. The maximum atomic E-state index is 10.6. The second-order valence-electron chi connectivity index (χ2n) is 2.54. The van der Waals surface area contributed by atoms with E-state index in [1.54, 1.807) is 10.9 Å². The zero-order valence-electron chi connectivity index (χ0n) is 7.63. The van der Waals surface area contributed by atoms with Crippen molar-refractivity contribution in [2.45, 2.75) is 0 Å². The maximum Gasteiger partial charge on any atom is 0.392 e. The molecule has 2 aromatic heterocycles. The van der Waals surface area contributed by atoms with Crippen LogP contribution in [0.1, 0.15) is 10.7 Å². The molecule has 1 N–H and O–H groups in total. The van der Waals surface area contributed by atoms with Crippen LogP contribution in [-0.4, -0.2) is 28.2 Å². The van der Waals surface area contributed by atoms with E-state index in [-0.39, 0.29) is 11.6 Å². The number of nitrogens with zero attached hydrogens (tertiary/aromatic N) is 2. The van der Waals surface area contributed by atoms with E-state index in [4.69, 9.17) is 14.3 Å². The van der Waals surface area contributed by atoms with Crippen LogP contribution in [0.5, 0.6) is 5.88 Å². The average Bonchev–Trinajstić information content (AvgIpc) is 2.86. The molecule has 2 heterocycles. The van der Waals surface area contributed by atoms with Gasteiger partial charge in [0.25, 0.3) is 5.88 Å². The van der Waals surface area contributed by atoms with Crippen molar-refractivity contribution in [2.75, 3.05) is 7.11 Å². The van der Waals surface area contributed by atoms with Crippen molar-refractivity contribution in [2.24, 2.45) is 0 Å². The molecule has 0 aromatic carbocycles. The Morgan fingerprint density at radius 2 is 2.47 bits per heavy atom. The SMILES string of the molecule is COc1nc(C(=O)O)oc1-c1cscn1. The van der Waals surface area contributed by atoms with Crippen LogP contribution < -0.4 is 4.74 Å². The third kappa shape index (κ3) is 1.68. The molecule has 0 spiro atoms. The lowest BCUT2D eigenvalue weighted by atomic mass is 10.4. The van der Waals surface area contributed by atoms with Gasteiger partial charge in [-0.25, -0.2) is 9.78 Å². The van der Waals surface area contributed by atoms with Gasteiger partial charge in [-0.1, -0.05) is 0 Å². The minimum absolute atomic E-state index is 0.123. The van der Waals surface area contributed by atoms with Crippen molar-refractivity contribution < 1.29 is 19.1 Å². The van der Waals surface area contributed by atoms with Gasteiger partial charge < -0.3 is 14.3 Å². The summed E-state index contributed by atoms with van der Waals surface area (Å²) in [5.41, 5.74) is 2.12. The molecule has 0 amide bonds. The summed E-state index contributed by atoms with van der Waals surface area (Å²) in [5.74, 6) is -1.29. The first-order valence-electron chi connectivity index (χ1n) is 3.89. The molecule has 0 saturated heterocycles. The van der Waals surface area contributed by atoms with E-state index < -0.39 is 11.9 Å². The molecule has 2 rings (SSSR count). The molecule has 0 saturated carbocycles. The van der Waals surface area contributed by atoms with E-state index in [1.807, 2.05) is 0 Å². The molecule has 0 radical (unpaired) electrons. The topological polar surface area (TPSA) is 85.5 Å². The minimum atomic E-state index is -1.24. The second-order valence-corrected chi connectivity index (χ2v) is 3.25. The molecular formula is C8H6N2O4S. The molecule has 0 aliphatic carbocycles. The van der Waals surface area contributed by atoms with Crippen molar-refractivity contribution in [3.8, 4) is 17.3 Å². The number of carboxylic acid groups (broad SMARTS) is 1. The van der Waals surface area contributed by atoms with Crippen LogP contribution in [0.3, 0.4) is 0 Å². The van der Waals surface area contributed by atoms with Crippen molar-refractivity contribution in [3.05, 3.63) is 16.8 Å². The molecule has 78 valence electrons. The number of rotatable bonds is 3. The van der Waals surface area contributed by atoms with Crippen molar-refractivity contribution in [3.63, 3.8) is 0 Å². The smallest absolute Gasteiger partial charge is 0.392 e. The number of oxazole rings is 1. The van der Waals surface area contributed by atoms with Crippen molar-refractivity contribution in [1.82, 2.24) is 9.97 Å². The average molecular weight is 226 g/mol. The van der Waals surface area contributed by atoms with Gasteiger partial charge in [0.1, 0.15) is 5.69 Å². The maximum absolute atomic E-state index is 10.6. The summed E-state index contributed by atoms with van der Waals surface area (Å²) in [6, 6.07) is 0. The number of aromatic nitrogens is 2. The lowest BCUT2D eigenvalue weighted by molar-refractivity contribution is 0.0654. The molecule has 15 heavy (non-hydrogen) atoms. The van der Waals surface area contributed by atoms with E-state index in [0.717, 1.165) is 0 Å². The number of hydrogen-bond donors (Lipinski definition) is 1. The third-order valence-corrected chi connectivity index (χ3v) is 2.22. The normalized spacial score (nSPS) is 10.2. The molecule has 7 heteroatoms. The number of thiazole rings is 1. The molecule has 0 unspecified atom stereocenters. The molecule has 0 aliphatic rings. The first kappa shape index (κ1) is 9.66. The summed E-state index contributed by atoms with van der Waals surface area (Å²) < 4.78 is 9.92. The number of carbonyl (C=O) groups is 1. The lowest BCUT2D eigenvalue weighted by Crippen LogP contribution is -1.95. The molecular weight excluding hydrogens is 220 g/mol. The summed E-state index contributed by atoms with van der Waals surface area (Å²) in [5, 5.41) is 10.4. The van der Waals surface area contributed by atoms with Crippen LogP contribution in [0.2, 0.25) is 0 Å². The fourth-order valence-corrected chi connectivity index (χ4v) is 1.55. The van der Waals surface area contributed by atoms with E-state index in [1.165, 1.54) is 18.4 Å². The van der Waals surface area contributed by atoms with Crippen LogP contribution in [0.15, 0.2) is 15.3 Å². The fraction of sp³-hybridized carbons (Fsp3) is 0.125. The van der Waals surface area contributed by atoms with Gasteiger partial charge in [-0.3, -0.25) is 0 Å². The quantitative estimate of drug-likeness (QED) is 0.853. The van der Waals surface area contributed by atoms with Gasteiger partial charge in [0.15, 0.2) is 0 Å². The summed E-state index contributed by atoms with van der Waals surface area (Å²) in [4.78, 5) is 18.3. The first-order valence-corrected chi connectivity index (χ1v) is 4.83. The minimum Gasteiger partial charge on any atom is -0.478 e. The van der Waals surface area contributed by atoms with Crippen LogP contribution in [0, 0.1) is 0 Å². The zero-order chi connectivity index (χ0) is 10.8. The summed E-state index contributed by atoms with van der Waals surface area (Å²) in [7, 11) is 1.39. The molecule has 0 aliphatic heterocycles. The van der Waals surface area contributed by atoms with Crippen LogP contribution in [0.4, 0.5) is 0 Å². The Hall–Kier alpha value is -1.89. The van der Waals surface area contributed by atoms with Gasteiger partial charge in [0.2, 0.25) is 5.76 Å². The molecule has 2 aromatic rings. The number of ether oxygens (including phenoxy) is 1. The standard InChI is InChI=1S/C8H6N2O4S/c1-13-6-5(4-2-15-3-9-4)14-7(10-6)8(11)12/h2-3H,1H3,(H,11,12). The predicted molar refractivity (Wildman–Crippen MR) is 51.1 cm³/mol. The Morgan fingerprint density at radius 1 is 1.67 bits per heavy atom. The summed E-state index contributed by atoms with van der Waals surface area (Å²) >= 11 is 1.37. The highest BCUT2D eigenvalue weighted by atomic mass is 32.1. The van der Waals surface area contributed by atoms with Crippen molar-refractivity contribution >= 4 is 17.3 Å². The van der Waals surface area contributed by atoms with Gasteiger partial charge in [0.05, 0.1) is 12.6 Å². The van der Waals surface area contributed by atoms with Gasteiger partial charge in [-0.2, -0.15) is 4.98 Å². The molecule has 0 atom stereocenters. The lowest BCUT2D eigenvalue weighted by Gasteiger charge is -1.93. The Kier molecular flexibility index (Phi) is 2.38. The molecule has 0 bridgehead atoms. The Balaban J connectivity index is 2.51. The number of carboxylic acids is 1. The number of aromatic carboxylic acids is 1. The van der Waals surface area contributed by atoms with E-state index in [9.17, 15) is 4.79 Å². The van der Waals surface area contributed by atoms with Gasteiger partial charge in [-0.15, -0.1) is 11.3 Å². The Morgan fingerprint density at radius 3 is 3.00 bits per heavy atom. The predicted octanol–water partition coefficient (Wildman–Crippen LogP) is 1.50. The van der Waals surface area contributed by atoms with E-state index >= 15 is 0 Å². The van der Waals surface area contributed by atoms with Crippen LogP contribution >= 0.6 is 11.3 Å². The number of methoxy groups -OCH3 is 1. The zero-order valence-corrected chi connectivity index (χ0v) is 8.45. The Labute approximate surface area is 88.2 Å². The number of hydrogen-bond acceptors (Lipinski definition) is 6. The van der Waals surface area contributed by atoms with Gasteiger partial charge in [0, 0.05) is 5.38 Å². The Bertz CT molecular complexity index is 477. The monoisotopic (exact) mass is 226 g/mol. The van der Waals surface area contributed by atoms with E-state index in [2.05, 4.69) is 9.97 Å². The fourth-order valence-electron chi connectivity index (χ4n) is 1.02. The largest absolute Gasteiger partial charge is 0.478 e. The first-order chi connectivity index (χ1) is 7.22. The van der Waals surface area contributed by atoms with Crippen LogP contribution in [0.25, 0.3) is 11.5 Å². The molecule has 0 fully saturated rings. The van der Waals surface area contributed by atoms with Gasteiger partial charge >= 0.3 is 11.9 Å². The van der Waals surface area contributed by atoms with Crippen molar-refractivity contribution in [1.29, 1.82) is 0 Å². The second kappa shape index (κ2) is 3.70. The molecule has 6 nitrogen and oxygen atoms in total. The van der Waals surface area contributed by atoms with Crippen LogP contribution in [-0.2, 0) is 0 Å². The summed E-state index contributed by atoms with van der Waals surface area (Å²) in [6.07, 6.45) is 0. The third-order valence-electron chi connectivity index (χ3n) is 1.64. The highest BCUT2D eigenvalue weighted by Gasteiger charge is 2.21. The van der Waals surface area contributed by atoms with Gasteiger partial charge in [-0.05, 0) is 0 Å².